The van der Waals surface area contributed by atoms with Crippen LogP contribution in [0.4, 0.5) is 0 Å². The summed E-state index contributed by atoms with van der Waals surface area (Å²) in [5.74, 6) is -0.480. The Hall–Kier alpha value is -1.92. The number of esters is 1. The molecule has 0 aromatic heterocycles. The molecule has 0 aliphatic rings. The van der Waals surface area contributed by atoms with E-state index in [1.165, 1.54) is 180 Å². The van der Waals surface area contributed by atoms with Crippen molar-refractivity contribution in [2.24, 2.45) is 0 Å². The molecule has 6 heteroatoms. The number of ether oxygens (including phenoxy) is 1. The van der Waals surface area contributed by atoms with Gasteiger partial charge in [0, 0.05) is 6.42 Å². The van der Waals surface area contributed by atoms with E-state index in [-0.39, 0.29) is 24.9 Å². The fraction of sp³-hybridized carbons (Fsp3) is 0.864. The summed E-state index contributed by atoms with van der Waals surface area (Å²) in [5.41, 5.74) is 0. The van der Waals surface area contributed by atoms with Crippen molar-refractivity contribution in [1.82, 2.24) is 5.32 Å². The van der Waals surface area contributed by atoms with Gasteiger partial charge in [0.2, 0.25) is 5.91 Å². The van der Waals surface area contributed by atoms with Crippen LogP contribution in [-0.4, -0.2) is 46.9 Å². The van der Waals surface area contributed by atoms with Gasteiger partial charge in [-0.3, -0.25) is 9.59 Å². The minimum Gasteiger partial charge on any atom is -0.462 e. The zero-order chi connectivity index (χ0) is 47.4. The van der Waals surface area contributed by atoms with Gasteiger partial charge < -0.3 is 20.3 Å². The molecule has 0 aliphatic carbocycles. The van der Waals surface area contributed by atoms with Crippen LogP contribution >= 0.6 is 0 Å². The van der Waals surface area contributed by atoms with E-state index in [0.29, 0.717) is 19.3 Å². The summed E-state index contributed by atoms with van der Waals surface area (Å²) in [6.45, 7) is 6.48. The molecule has 3 N–H and O–H groups in total. The highest BCUT2D eigenvalue weighted by Gasteiger charge is 2.24. The average Bonchev–Trinajstić information content (AvgIpc) is 3.30. The smallest absolute Gasteiger partial charge is 0.306 e. The topological polar surface area (TPSA) is 95.9 Å². The first-order valence-corrected chi connectivity index (χ1v) is 28.7. The van der Waals surface area contributed by atoms with E-state index in [4.69, 9.17) is 4.74 Å². The number of hydrogen-bond donors (Lipinski definition) is 3. The molecule has 0 aliphatic heterocycles. The largest absolute Gasteiger partial charge is 0.462 e. The molecule has 0 aromatic rings. The number of hydrogen-bond acceptors (Lipinski definition) is 5. The predicted octanol–water partition coefficient (Wildman–Crippen LogP) is 17.6. The van der Waals surface area contributed by atoms with E-state index >= 15 is 0 Å². The Morgan fingerprint density at radius 1 is 0.446 bits per heavy atom. The van der Waals surface area contributed by atoms with Gasteiger partial charge in [-0.2, -0.15) is 0 Å². The van der Waals surface area contributed by atoms with Gasteiger partial charge in [-0.25, -0.2) is 0 Å². The van der Waals surface area contributed by atoms with Crippen molar-refractivity contribution in [2.45, 2.75) is 322 Å². The van der Waals surface area contributed by atoms with E-state index in [0.717, 1.165) is 77.0 Å². The summed E-state index contributed by atoms with van der Waals surface area (Å²) in [6, 6.07) is -0.707. The van der Waals surface area contributed by atoms with E-state index < -0.39 is 18.2 Å². The van der Waals surface area contributed by atoms with E-state index in [2.05, 4.69) is 62.5 Å². The van der Waals surface area contributed by atoms with Crippen LogP contribution in [0.15, 0.2) is 36.5 Å². The fourth-order valence-electron chi connectivity index (χ4n) is 8.85. The van der Waals surface area contributed by atoms with Crippen LogP contribution in [0, 0.1) is 0 Å². The SMILES string of the molecule is CCCCC/C=C\C/C=C\C/C=C\CCCCCCC(CC(=O)NC(CO)C(O)CCCCCCCCCCCCCCCCC)OC(=O)CCCCCCCCCCCCCCCC. The van der Waals surface area contributed by atoms with Crippen LogP contribution in [0.2, 0.25) is 0 Å². The molecule has 0 heterocycles. The Morgan fingerprint density at radius 2 is 0.785 bits per heavy atom. The number of nitrogens with one attached hydrogen (secondary N) is 1. The van der Waals surface area contributed by atoms with Gasteiger partial charge in [0.25, 0.3) is 0 Å². The monoisotopic (exact) mass is 914 g/mol. The summed E-state index contributed by atoms with van der Waals surface area (Å²) >= 11 is 0. The lowest BCUT2D eigenvalue weighted by Crippen LogP contribution is -2.46. The lowest BCUT2D eigenvalue weighted by Gasteiger charge is -2.24. The van der Waals surface area contributed by atoms with Gasteiger partial charge in [0.15, 0.2) is 0 Å². The van der Waals surface area contributed by atoms with Gasteiger partial charge in [0.05, 0.1) is 25.2 Å². The zero-order valence-electron chi connectivity index (χ0n) is 43.6. The van der Waals surface area contributed by atoms with Crippen molar-refractivity contribution in [3.63, 3.8) is 0 Å². The van der Waals surface area contributed by atoms with Crippen LogP contribution in [0.1, 0.15) is 303 Å². The number of unbranched alkanes of at least 4 members (excludes halogenated alkanes) is 34. The average molecular weight is 915 g/mol. The third-order valence-corrected chi connectivity index (χ3v) is 13.2. The van der Waals surface area contributed by atoms with Crippen molar-refractivity contribution in [1.29, 1.82) is 0 Å². The summed E-state index contributed by atoms with van der Waals surface area (Å²) in [7, 11) is 0. The van der Waals surface area contributed by atoms with Gasteiger partial charge in [-0.15, -0.1) is 0 Å². The van der Waals surface area contributed by atoms with Crippen molar-refractivity contribution in [2.75, 3.05) is 6.61 Å². The van der Waals surface area contributed by atoms with Crippen LogP contribution < -0.4 is 5.32 Å². The number of aliphatic hydroxyl groups is 2. The second-order valence-corrected chi connectivity index (χ2v) is 19.7. The Kier molecular flexibility index (Phi) is 51.5. The predicted molar refractivity (Wildman–Crippen MR) is 282 cm³/mol. The van der Waals surface area contributed by atoms with E-state index in [1.54, 1.807) is 0 Å². The van der Waals surface area contributed by atoms with Crippen molar-refractivity contribution in [3.8, 4) is 0 Å². The van der Waals surface area contributed by atoms with E-state index in [9.17, 15) is 19.8 Å². The molecule has 3 atom stereocenters. The van der Waals surface area contributed by atoms with Crippen molar-refractivity contribution >= 4 is 11.9 Å². The Balaban J connectivity index is 4.58. The van der Waals surface area contributed by atoms with Gasteiger partial charge in [-0.05, 0) is 64.2 Å². The summed E-state index contributed by atoms with van der Waals surface area (Å²) in [5, 5.41) is 23.9. The number of carbonyl (C=O) groups excluding carboxylic acids is 2. The Labute approximate surface area is 404 Å². The van der Waals surface area contributed by atoms with Gasteiger partial charge in [-0.1, -0.05) is 263 Å². The molecule has 0 aromatic carbocycles. The number of amides is 1. The minimum absolute atomic E-state index is 0.0670. The first-order valence-electron chi connectivity index (χ1n) is 28.7. The molecule has 0 saturated carbocycles. The quantitative estimate of drug-likeness (QED) is 0.0321. The lowest BCUT2D eigenvalue weighted by molar-refractivity contribution is -0.151. The Morgan fingerprint density at radius 3 is 1.22 bits per heavy atom. The maximum atomic E-state index is 13.3. The molecule has 0 fully saturated rings. The van der Waals surface area contributed by atoms with Crippen LogP contribution in [0.25, 0.3) is 0 Å². The maximum Gasteiger partial charge on any atom is 0.306 e. The standard InChI is InChI=1S/C59H111NO5/c1-4-7-10-13-16-19-22-25-28-29-31-32-35-38-41-44-47-50-55(65-59(64)52-49-46-43-40-37-34-27-24-21-18-15-12-9-6-3)53-58(63)60-56(54-61)57(62)51-48-45-42-39-36-33-30-26-23-20-17-14-11-8-5-2/h16,19,25,28,31-32,55-57,61-62H,4-15,17-18,20-24,26-27,29-30,33-54H2,1-3H3,(H,60,63)/b19-16-,28-25-,32-31-. The zero-order valence-corrected chi connectivity index (χ0v) is 43.6. The summed E-state index contributed by atoms with van der Waals surface area (Å²) in [4.78, 5) is 26.3. The molecule has 6 nitrogen and oxygen atoms in total. The van der Waals surface area contributed by atoms with Gasteiger partial charge >= 0.3 is 5.97 Å². The number of allylic oxidation sites excluding steroid dienone is 6. The fourth-order valence-corrected chi connectivity index (χ4v) is 8.85. The third kappa shape index (κ3) is 48.3. The molecule has 1 amide bonds. The lowest BCUT2D eigenvalue weighted by atomic mass is 10.0. The first kappa shape index (κ1) is 63.1. The number of aliphatic hydroxyl groups excluding tert-OH is 2. The second kappa shape index (κ2) is 53.0. The number of carbonyl (C=O) groups is 2. The first-order chi connectivity index (χ1) is 32.0. The molecule has 65 heavy (non-hydrogen) atoms. The number of rotatable bonds is 52. The van der Waals surface area contributed by atoms with Crippen LogP contribution in [0.5, 0.6) is 0 Å². The second-order valence-electron chi connectivity index (χ2n) is 19.7. The molecule has 0 bridgehead atoms. The molecule has 0 radical (unpaired) electrons. The molecular weight excluding hydrogens is 803 g/mol. The minimum atomic E-state index is -0.792. The van der Waals surface area contributed by atoms with E-state index in [1.807, 2.05) is 0 Å². The van der Waals surface area contributed by atoms with Gasteiger partial charge in [0.1, 0.15) is 6.10 Å². The molecule has 0 rings (SSSR count). The van der Waals surface area contributed by atoms with Crippen LogP contribution in [0.3, 0.4) is 0 Å². The maximum absolute atomic E-state index is 13.3. The molecular formula is C59H111NO5. The highest BCUT2D eigenvalue weighted by molar-refractivity contribution is 5.77. The third-order valence-electron chi connectivity index (χ3n) is 13.2. The normalized spacial score (nSPS) is 13.4. The summed E-state index contributed by atoms with van der Waals surface area (Å²) < 4.78 is 5.95. The molecule has 3 unspecified atom stereocenters. The highest BCUT2D eigenvalue weighted by atomic mass is 16.5. The highest BCUT2D eigenvalue weighted by Crippen LogP contribution is 2.18. The molecule has 0 spiro atoms. The van der Waals surface area contributed by atoms with Crippen molar-refractivity contribution < 1.29 is 24.5 Å². The molecule has 382 valence electrons. The summed E-state index contributed by atoms with van der Waals surface area (Å²) in [6.07, 6.45) is 63.5. The Bertz CT molecular complexity index is 1070. The van der Waals surface area contributed by atoms with Crippen LogP contribution in [-0.2, 0) is 14.3 Å². The van der Waals surface area contributed by atoms with Crippen molar-refractivity contribution in [3.05, 3.63) is 36.5 Å². The molecule has 0 saturated heterocycles.